The normalized spacial score (nSPS) is 14.4. The zero-order valence-electron chi connectivity index (χ0n) is 10.4. The van der Waals surface area contributed by atoms with Crippen molar-refractivity contribution in [3.63, 3.8) is 0 Å². The van der Waals surface area contributed by atoms with E-state index in [1.807, 2.05) is 31.2 Å². The number of aryl methyl sites for hydroxylation is 1. The van der Waals surface area contributed by atoms with Crippen LogP contribution in [0, 0.1) is 6.92 Å². The van der Waals surface area contributed by atoms with Crippen LogP contribution in [0.5, 0.6) is 0 Å². The first-order chi connectivity index (χ1) is 9.02. The van der Waals surface area contributed by atoms with Gasteiger partial charge in [0.2, 0.25) is 0 Å². The third-order valence-corrected chi connectivity index (χ3v) is 6.39. The van der Waals surface area contributed by atoms with Crippen LogP contribution in [0.4, 0.5) is 0 Å². The van der Waals surface area contributed by atoms with Crippen molar-refractivity contribution in [2.45, 2.75) is 18.9 Å². The molecule has 1 heterocycles. The molecule has 2 unspecified atom stereocenters. The lowest BCUT2D eigenvalue weighted by atomic mass is 9.91. The Morgan fingerprint density at radius 3 is 2.58 bits per heavy atom. The van der Waals surface area contributed by atoms with Gasteiger partial charge in [-0.1, -0.05) is 29.8 Å². The van der Waals surface area contributed by atoms with Crippen LogP contribution in [-0.2, 0) is 0 Å². The highest BCUT2D eigenvalue weighted by molar-refractivity contribution is 9.13. The molecular formula is C14H15Br2NOS. The SMILES string of the molecule is Cc1cccc(C(CN)C(O)c2cc(Br)c(Br)s2)c1. The number of halogens is 2. The summed E-state index contributed by atoms with van der Waals surface area (Å²) in [6.45, 7) is 2.46. The van der Waals surface area contributed by atoms with Crippen LogP contribution in [0.25, 0.3) is 0 Å². The molecule has 1 aromatic heterocycles. The van der Waals surface area contributed by atoms with Gasteiger partial charge in [0.1, 0.15) is 0 Å². The second kappa shape index (κ2) is 6.50. The predicted molar refractivity (Wildman–Crippen MR) is 87.7 cm³/mol. The minimum Gasteiger partial charge on any atom is -0.387 e. The lowest BCUT2D eigenvalue weighted by molar-refractivity contribution is 0.151. The Kier molecular flexibility index (Phi) is 5.20. The number of aliphatic hydroxyl groups excluding tert-OH is 1. The molecule has 3 N–H and O–H groups in total. The van der Waals surface area contributed by atoms with Crippen LogP contribution in [0.1, 0.15) is 28.0 Å². The molecule has 2 atom stereocenters. The average Bonchev–Trinajstić information content (AvgIpc) is 2.70. The molecular weight excluding hydrogens is 390 g/mol. The summed E-state index contributed by atoms with van der Waals surface area (Å²) in [7, 11) is 0. The molecule has 102 valence electrons. The number of rotatable bonds is 4. The van der Waals surface area contributed by atoms with E-state index in [-0.39, 0.29) is 5.92 Å². The van der Waals surface area contributed by atoms with Gasteiger partial charge in [-0.2, -0.15) is 0 Å². The van der Waals surface area contributed by atoms with E-state index in [9.17, 15) is 5.11 Å². The third kappa shape index (κ3) is 3.47. The molecule has 0 aliphatic heterocycles. The Balaban J connectivity index is 2.31. The fourth-order valence-electron chi connectivity index (χ4n) is 2.06. The van der Waals surface area contributed by atoms with Crippen molar-refractivity contribution < 1.29 is 5.11 Å². The van der Waals surface area contributed by atoms with Crippen LogP contribution in [0.2, 0.25) is 0 Å². The summed E-state index contributed by atoms with van der Waals surface area (Å²) in [5.74, 6) is -0.0858. The monoisotopic (exact) mass is 403 g/mol. The molecule has 2 aromatic rings. The Morgan fingerprint density at radius 1 is 1.32 bits per heavy atom. The minimum atomic E-state index is -0.584. The van der Waals surface area contributed by atoms with E-state index in [2.05, 4.69) is 37.9 Å². The smallest absolute Gasteiger partial charge is 0.0963 e. The van der Waals surface area contributed by atoms with E-state index >= 15 is 0 Å². The molecule has 0 aliphatic rings. The van der Waals surface area contributed by atoms with E-state index in [4.69, 9.17) is 5.73 Å². The Labute approximate surface area is 133 Å². The van der Waals surface area contributed by atoms with E-state index in [0.29, 0.717) is 6.54 Å². The first-order valence-electron chi connectivity index (χ1n) is 5.92. The molecule has 19 heavy (non-hydrogen) atoms. The zero-order valence-corrected chi connectivity index (χ0v) is 14.4. The Hall–Kier alpha value is -0.200. The molecule has 0 amide bonds. The second-order valence-corrected chi connectivity index (χ2v) is 7.73. The molecule has 2 nitrogen and oxygen atoms in total. The van der Waals surface area contributed by atoms with Crippen molar-refractivity contribution in [2.24, 2.45) is 5.73 Å². The number of benzene rings is 1. The van der Waals surface area contributed by atoms with Crippen molar-refractivity contribution in [3.8, 4) is 0 Å². The highest BCUT2D eigenvalue weighted by atomic mass is 79.9. The van der Waals surface area contributed by atoms with Gasteiger partial charge in [0.25, 0.3) is 0 Å². The molecule has 0 bridgehead atoms. The number of thiophene rings is 1. The molecule has 2 rings (SSSR count). The van der Waals surface area contributed by atoms with Gasteiger partial charge in [0.15, 0.2) is 0 Å². The first kappa shape index (κ1) is 15.2. The average molecular weight is 405 g/mol. The first-order valence-corrected chi connectivity index (χ1v) is 8.32. The van der Waals surface area contributed by atoms with Crippen molar-refractivity contribution in [3.05, 3.63) is 54.6 Å². The third-order valence-electron chi connectivity index (χ3n) is 3.06. The lowest BCUT2D eigenvalue weighted by Crippen LogP contribution is -2.19. The Morgan fingerprint density at radius 2 is 2.05 bits per heavy atom. The van der Waals surface area contributed by atoms with Gasteiger partial charge < -0.3 is 10.8 Å². The molecule has 5 heteroatoms. The maximum absolute atomic E-state index is 10.6. The summed E-state index contributed by atoms with van der Waals surface area (Å²) in [6, 6.07) is 10.1. The standard InChI is InChI=1S/C14H15Br2NOS/c1-8-3-2-4-9(5-8)10(7-17)13(18)12-6-11(15)14(16)19-12/h2-6,10,13,18H,7,17H2,1H3. The maximum atomic E-state index is 10.6. The summed E-state index contributed by atoms with van der Waals surface area (Å²) in [5.41, 5.74) is 8.12. The van der Waals surface area contributed by atoms with Crippen molar-refractivity contribution in [1.29, 1.82) is 0 Å². The summed E-state index contributed by atoms with van der Waals surface area (Å²) < 4.78 is 1.95. The van der Waals surface area contributed by atoms with Crippen LogP contribution in [0.15, 0.2) is 38.6 Å². The molecule has 1 aromatic carbocycles. The highest BCUT2D eigenvalue weighted by Crippen LogP contribution is 2.40. The minimum absolute atomic E-state index is 0.0858. The molecule has 0 radical (unpaired) electrons. The predicted octanol–water partition coefficient (Wildman–Crippen LogP) is 4.36. The van der Waals surface area contributed by atoms with Crippen molar-refractivity contribution in [1.82, 2.24) is 0 Å². The van der Waals surface area contributed by atoms with Gasteiger partial charge in [-0.15, -0.1) is 11.3 Å². The number of nitrogens with two attached hydrogens (primary N) is 1. The quantitative estimate of drug-likeness (QED) is 0.795. The molecule has 0 spiro atoms. The fraction of sp³-hybridized carbons (Fsp3) is 0.286. The van der Waals surface area contributed by atoms with Gasteiger partial charge in [-0.25, -0.2) is 0 Å². The van der Waals surface area contributed by atoms with Crippen molar-refractivity contribution >= 4 is 43.2 Å². The molecule has 0 saturated carbocycles. The van der Waals surface area contributed by atoms with Gasteiger partial charge in [0, 0.05) is 21.8 Å². The van der Waals surface area contributed by atoms with Crippen LogP contribution < -0.4 is 5.73 Å². The van der Waals surface area contributed by atoms with Gasteiger partial charge >= 0.3 is 0 Å². The van der Waals surface area contributed by atoms with Gasteiger partial charge in [-0.3, -0.25) is 0 Å². The lowest BCUT2D eigenvalue weighted by Gasteiger charge is -2.21. The number of aliphatic hydroxyl groups is 1. The number of hydrogen-bond donors (Lipinski definition) is 2. The van der Waals surface area contributed by atoms with E-state index in [1.165, 1.54) is 16.9 Å². The van der Waals surface area contributed by atoms with Crippen molar-refractivity contribution in [2.75, 3.05) is 6.54 Å². The summed E-state index contributed by atoms with van der Waals surface area (Å²) in [6.07, 6.45) is -0.584. The fourth-order valence-corrected chi connectivity index (χ4v) is 4.20. The topological polar surface area (TPSA) is 46.2 Å². The maximum Gasteiger partial charge on any atom is 0.0963 e. The Bertz CT molecular complexity index is 551. The summed E-state index contributed by atoms with van der Waals surface area (Å²) in [5, 5.41) is 10.6. The van der Waals surface area contributed by atoms with E-state index < -0.39 is 6.10 Å². The summed E-state index contributed by atoms with van der Waals surface area (Å²) >= 11 is 8.43. The van der Waals surface area contributed by atoms with Crippen LogP contribution >= 0.6 is 43.2 Å². The molecule has 0 aliphatic carbocycles. The van der Waals surface area contributed by atoms with Crippen LogP contribution in [0.3, 0.4) is 0 Å². The largest absolute Gasteiger partial charge is 0.387 e. The van der Waals surface area contributed by atoms with Gasteiger partial charge in [0.05, 0.1) is 9.89 Å². The molecule has 0 saturated heterocycles. The highest BCUT2D eigenvalue weighted by Gasteiger charge is 2.24. The van der Waals surface area contributed by atoms with Crippen LogP contribution in [-0.4, -0.2) is 11.7 Å². The number of hydrogen-bond acceptors (Lipinski definition) is 3. The zero-order chi connectivity index (χ0) is 14.0. The van der Waals surface area contributed by atoms with E-state index in [0.717, 1.165) is 18.7 Å². The second-order valence-electron chi connectivity index (χ2n) is 4.47. The molecule has 0 fully saturated rings. The summed E-state index contributed by atoms with van der Waals surface area (Å²) in [4.78, 5) is 0.913. The van der Waals surface area contributed by atoms with Gasteiger partial charge in [-0.05, 0) is 50.4 Å². The van der Waals surface area contributed by atoms with E-state index in [1.54, 1.807) is 0 Å².